The van der Waals surface area contributed by atoms with Gasteiger partial charge in [0.15, 0.2) is 11.5 Å². The second-order valence-electron chi connectivity index (χ2n) is 8.08. The average Bonchev–Trinajstić information content (AvgIpc) is 2.87. The van der Waals surface area contributed by atoms with Crippen molar-refractivity contribution in [3.8, 4) is 17.2 Å². The Hall–Kier alpha value is -3.43. The fourth-order valence-electron chi connectivity index (χ4n) is 3.58. The zero-order chi connectivity index (χ0) is 26.5. The lowest BCUT2D eigenvalue weighted by Crippen LogP contribution is -2.41. The summed E-state index contributed by atoms with van der Waals surface area (Å²) in [6, 6.07) is 16.4. The smallest absolute Gasteiger partial charge is 0.264 e. The average molecular weight is 533 g/mol. The van der Waals surface area contributed by atoms with Crippen molar-refractivity contribution >= 4 is 33.2 Å². The molecule has 0 bridgehead atoms. The molecule has 0 aliphatic carbocycles. The fourth-order valence-corrected chi connectivity index (χ4v) is 5.16. The highest BCUT2D eigenvalue weighted by molar-refractivity contribution is 7.92. The molecule has 0 fully saturated rings. The van der Waals surface area contributed by atoms with Gasteiger partial charge in [-0.1, -0.05) is 35.4 Å². The molecule has 0 spiro atoms. The predicted octanol–water partition coefficient (Wildman–Crippen LogP) is 4.53. The van der Waals surface area contributed by atoms with Gasteiger partial charge >= 0.3 is 0 Å². The Morgan fingerprint density at radius 1 is 0.861 bits per heavy atom. The number of sulfonamides is 1. The molecular weight excluding hydrogens is 504 g/mol. The molecule has 3 aromatic rings. The first-order valence-electron chi connectivity index (χ1n) is 11.0. The van der Waals surface area contributed by atoms with Gasteiger partial charge in [-0.3, -0.25) is 9.10 Å². The van der Waals surface area contributed by atoms with Crippen LogP contribution in [0.2, 0.25) is 5.02 Å². The van der Waals surface area contributed by atoms with Crippen molar-refractivity contribution in [3.63, 3.8) is 0 Å². The van der Waals surface area contributed by atoms with Crippen LogP contribution < -0.4 is 18.5 Å². The van der Waals surface area contributed by atoms with E-state index < -0.39 is 22.5 Å². The quantitative estimate of drug-likeness (QED) is 0.381. The number of likely N-dealkylation sites (N-methyl/N-ethyl adjacent to an activating group) is 1. The zero-order valence-corrected chi connectivity index (χ0v) is 22.4. The predicted molar refractivity (Wildman–Crippen MR) is 140 cm³/mol. The summed E-state index contributed by atoms with van der Waals surface area (Å²) < 4.78 is 44.5. The third-order valence-electron chi connectivity index (χ3n) is 5.59. The summed E-state index contributed by atoms with van der Waals surface area (Å²) in [5, 5.41) is 0.307. The van der Waals surface area contributed by atoms with E-state index in [4.69, 9.17) is 25.8 Å². The molecule has 36 heavy (non-hydrogen) atoms. The van der Waals surface area contributed by atoms with Crippen molar-refractivity contribution in [2.75, 3.05) is 39.2 Å². The molecule has 0 aliphatic rings. The number of nitrogens with zero attached hydrogens (tertiary/aromatic N) is 2. The minimum atomic E-state index is -4.13. The van der Waals surface area contributed by atoms with E-state index in [0.717, 1.165) is 15.4 Å². The molecule has 10 heteroatoms. The van der Waals surface area contributed by atoms with E-state index in [1.165, 1.54) is 37.3 Å². The van der Waals surface area contributed by atoms with Crippen LogP contribution in [0.15, 0.2) is 65.6 Å². The highest BCUT2D eigenvalue weighted by atomic mass is 35.5. The fraction of sp³-hybridized carbons (Fsp3) is 0.269. The number of carbonyl (C=O) groups is 1. The van der Waals surface area contributed by atoms with E-state index in [1.807, 2.05) is 13.0 Å². The summed E-state index contributed by atoms with van der Waals surface area (Å²) in [6.07, 6.45) is 0. The maximum Gasteiger partial charge on any atom is 0.264 e. The lowest BCUT2D eigenvalue weighted by molar-refractivity contribution is -0.128. The van der Waals surface area contributed by atoms with Crippen molar-refractivity contribution in [1.82, 2.24) is 4.90 Å². The van der Waals surface area contributed by atoms with E-state index in [9.17, 15) is 13.2 Å². The van der Waals surface area contributed by atoms with Crippen LogP contribution in [0.3, 0.4) is 0 Å². The minimum absolute atomic E-state index is 0.0467. The Morgan fingerprint density at radius 3 is 2.08 bits per heavy atom. The van der Waals surface area contributed by atoms with Crippen molar-refractivity contribution in [1.29, 1.82) is 0 Å². The molecular formula is C26H29ClN2O6S. The molecule has 0 aromatic heterocycles. The van der Waals surface area contributed by atoms with Gasteiger partial charge in [-0.05, 0) is 55.0 Å². The monoisotopic (exact) mass is 532 g/mol. The summed E-state index contributed by atoms with van der Waals surface area (Å²) >= 11 is 6.20. The van der Waals surface area contributed by atoms with Gasteiger partial charge < -0.3 is 19.1 Å². The minimum Gasteiger partial charge on any atom is -0.495 e. The summed E-state index contributed by atoms with van der Waals surface area (Å²) in [5.74, 6) is 0.940. The summed E-state index contributed by atoms with van der Waals surface area (Å²) in [4.78, 5) is 14.8. The molecule has 0 saturated carbocycles. The van der Waals surface area contributed by atoms with Crippen molar-refractivity contribution < 1.29 is 27.4 Å². The van der Waals surface area contributed by atoms with Gasteiger partial charge in [0.1, 0.15) is 12.3 Å². The first kappa shape index (κ1) is 27.2. The molecule has 0 unspecified atom stereocenters. The number of hydrogen-bond acceptors (Lipinski definition) is 6. The second kappa shape index (κ2) is 11.5. The highest BCUT2D eigenvalue weighted by Crippen LogP contribution is 2.35. The van der Waals surface area contributed by atoms with Crippen LogP contribution in [0.4, 0.5) is 5.69 Å². The topological polar surface area (TPSA) is 85.4 Å². The Bertz CT molecular complexity index is 1330. The lowest BCUT2D eigenvalue weighted by atomic mass is 10.2. The Morgan fingerprint density at radius 2 is 1.47 bits per heavy atom. The number of rotatable bonds is 10. The van der Waals surface area contributed by atoms with E-state index in [2.05, 4.69) is 0 Å². The first-order chi connectivity index (χ1) is 17.1. The molecule has 0 heterocycles. The Balaban J connectivity index is 1.96. The lowest BCUT2D eigenvalue weighted by Gasteiger charge is -2.28. The number of hydrogen-bond donors (Lipinski definition) is 0. The van der Waals surface area contributed by atoms with Crippen LogP contribution in [0.25, 0.3) is 0 Å². The van der Waals surface area contributed by atoms with E-state index in [0.29, 0.717) is 16.5 Å². The van der Waals surface area contributed by atoms with Crippen LogP contribution in [0.1, 0.15) is 11.1 Å². The maximum absolute atomic E-state index is 13.7. The van der Waals surface area contributed by atoms with Gasteiger partial charge in [0.2, 0.25) is 5.91 Å². The first-order valence-corrected chi connectivity index (χ1v) is 12.8. The SMILES string of the molecule is COc1ccc(CN(C)C(=O)CN(c2cc(Cl)ccc2OC)S(=O)(=O)c2ccc(C)cc2)cc1OC. The third-order valence-corrected chi connectivity index (χ3v) is 7.60. The van der Waals surface area contributed by atoms with Gasteiger partial charge in [0, 0.05) is 18.6 Å². The van der Waals surface area contributed by atoms with Gasteiger partial charge in [-0.25, -0.2) is 8.42 Å². The molecule has 1 amide bonds. The number of anilines is 1. The molecule has 0 saturated heterocycles. The largest absolute Gasteiger partial charge is 0.495 e. The van der Waals surface area contributed by atoms with E-state index >= 15 is 0 Å². The van der Waals surface area contributed by atoms with Crippen LogP contribution in [-0.4, -0.2) is 54.1 Å². The maximum atomic E-state index is 13.7. The molecule has 0 N–H and O–H groups in total. The highest BCUT2D eigenvalue weighted by Gasteiger charge is 2.30. The number of methoxy groups -OCH3 is 3. The van der Waals surface area contributed by atoms with Gasteiger partial charge in [0.25, 0.3) is 10.0 Å². The molecule has 3 rings (SSSR count). The number of benzene rings is 3. The number of halogens is 1. The number of carbonyl (C=O) groups excluding carboxylic acids is 1. The molecule has 0 aliphatic heterocycles. The number of amides is 1. The summed E-state index contributed by atoms with van der Waals surface area (Å²) in [5.41, 5.74) is 1.86. The third kappa shape index (κ3) is 6.03. The van der Waals surface area contributed by atoms with Gasteiger partial charge in [-0.15, -0.1) is 0 Å². The van der Waals surface area contributed by atoms with E-state index in [1.54, 1.807) is 50.6 Å². The van der Waals surface area contributed by atoms with Crippen LogP contribution in [0, 0.1) is 6.92 Å². The van der Waals surface area contributed by atoms with Crippen LogP contribution >= 0.6 is 11.6 Å². The van der Waals surface area contributed by atoms with Gasteiger partial charge in [0.05, 0.1) is 31.9 Å². The molecule has 0 atom stereocenters. The zero-order valence-electron chi connectivity index (χ0n) is 20.8. The Kier molecular flexibility index (Phi) is 8.70. The molecule has 0 radical (unpaired) electrons. The van der Waals surface area contributed by atoms with Gasteiger partial charge in [-0.2, -0.15) is 0 Å². The number of aryl methyl sites for hydroxylation is 1. The van der Waals surface area contributed by atoms with E-state index in [-0.39, 0.29) is 22.9 Å². The van der Waals surface area contributed by atoms with Crippen LogP contribution in [-0.2, 0) is 21.4 Å². The molecule has 192 valence electrons. The standard InChI is InChI=1S/C26H29ClN2O6S/c1-18-6-10-21(11-7-18)36(31,32)29(22-15-20(27)9-13-23(22)33-3)17-26(30)28(2)16-19-8-12-24(34-4)25(14-19)35-5/h6-15H,16-17H2,1-5H3. The normalized spacial score (nSPS) is 11.1. The van der Waals surface area contributed by atoms with Crippen molar-refractivity contribution in [3.05, 3.63) is 76.8 Å². The summed E-state index contributed by atoms with van der Waals surface area (Å²) in [6.45, 7) is 1.63. The molecule has 8 nitrogen and oxygen atoms in total. The van der Waals surface area contributed by atoms with Crippen LogP contribution in [0.5, 0.6) is 17.2 Å². The Labute approximate surface area is 217 Å². The second-order valence-corrected chi connectivity index (χ2v) is 10.4. The van der Waals surface area contributed by atoms with Crippen molar-refractivity contribution in [2.24, 2.45) is 0 Å². The van der Waals surface area contributed by atoms with Crippen molar-refractivity contribution in [2.45, 2.75) is 18.4 Å². The molecule has 3 aromatic carbocycles. The summed E-state index contributed by atoms with van der Waals surface area (Å²) in [7, 11) is 1.97. The number of ether oxygens (including phenoxy) is 3.